The molecule has 3 N–H and O–H groups in total. The Hall–Kier alpha value is -3.45. The van der Waals surface area contributed by atoms with E-state index in [4.69, 9.17) is 0 Å². The molecule has 0 heterocycles. The number of rotatable bonds is 5. The van der Waals surface area contributed by atoms with Gasteiger partial charge in [-0.1, -0.05) is 39.7 Å². The summed E-state index contributed by atoms with van der Waals surface area (Å²) in [5.41, 5.74) is 4.33. The molecule has 6 nitrogen and oxygen atoms in total. The zero-order valence-corrected chi connectivity index (χ0v) is 18.8. The number of carbonyl (C=O) groups excluding carboxylic acids is 2. The van der Waals surface area contributed by atoms with E-state index in [1.165, 1.54) is 12.1 Å². The summed E-state index contributed by atoms with van der Waals surface area (Å²) in [7, 11) is 0. The highest BCUT2D eigenvalue weighted by Gasteiger charge is 2.16. The van der Waals surface area contributed by atoms with Crippen LogP contribution in [0.5, 0.6) is 0 Å². The van der Waals surface area contributed by atoms with Gasteiger partial charge in [0.05, 0.1) is 11.3 Å². The number of carboxylic acids is 1. The van der Waals surface area contributed by atoms with Crippen molar-refractivity contribution in [1.82, 2.24) is 0 Å². The zero-order chi connectivity index (χ0) is 22.7. The van der Waals surface area contributed by atoms with Gasteiger partial charge >= 0.3 is 5.97 Å². The van der Waals surface area contributed by atoms with Crippen LogP contribution in [0.4, 0.5) is 11.4 Å². The molecule has 0 radical (unpaired) electrons. The molecule has 2 amide bonds. The fourth-order valence-electron chi connectivity index (χ4n) is 3.47. The van der Waals surface area contributed by atoms with Crippen LogP contribution in [0.2, 0.25) is 0 Å². The largest absolute Gasteiger partial charge is 0.478 e. The average molecular weight is 481 g/mol. The third kappa shape index (κ3) is 5.19. The molecule has 0 saturated carbocycles. The SMILES string of the molecule is Cc1cc(C)c(C(=O)Nc2cccc(C(=O)Nc3ccc(Br)cc3C(=O)O)c2)c(C)c1. The Morgan fingerprint density at radius 2 is 1.52 bits per heavy atom. The minimum absolute atomic E-state index is 0.0301. The summed E-state index contributed by atoms with van der Waals surface area (Å²) in [5, 5.41) is 14.8. The van der Waals surface area contributed by atoms with E-state index in [1.807, 2.05) is 32.9 Å². The van der Waals surface area contributed by atoms with Crippen LogP contribution in [0, 0.1) is 20.8 Å². The van der Waals surface area contributed by atoms with Gasteiger partial charge in [0.25, 0.3) is 11.8 Å². The summed E-state index contributed by atoms with van der Waals surface area (Å²) in [6, 6.07) is 15.0. The highest BCUT2D eigenvalue weighted by molar-refractivity contribution is 9.10. The number of carbonyl (C=O) groups is 3. The van der Waals surface area contributed by atoms with Crippen molar-refractivity contribution in [2.45, 2.75) is 20.8 Å². The Kier molecular flexibility index (Phi) is 6.56. The van der Waals surface area contributed by atoms with Gasteiger partial charge < -0.3 is 15.7 Å². The number of benzene rings is 3. The summed E-state index contributed by atoms with van der Waals surface area (Å²) in [4.78, 5) is 37.0. The van der Waals surface area contributed by atoms with Gasteiger partial charge in [-0.15, -0.1) is 0 Å². The summed E-state index contributed by atoms with van der Waals surface area (Å²) < 4.78 is 0.592. The van der Waals surface area contributed by atoms with Gasteiger partial charge in [-0.2, -0.15) is 0 Å². The van der Waals surface area contributed by atoms with E-state index < -0.39 is 11.9 Å². The Labute approximate surface area is 188 Å². The molecule has 0 aliphatic rings. The lowest BCUT2D eigenvalue weighted by molar-refractivity contribution is 0.0697. The van der Waals surface area contributed by atoms with E-state index in [1.54, 1.807) is 30.3 Å². The van der Waals surface area contributed by atoms with E-state index in [9.17, 15) is 19.5 Å². The Morgan fingerprint density at radius 1 is 0.839 bits per heavy atom. The molecule has 7 heteroatoms. The Balaban J connectivity index is 1.82. The second kappa shape index (κ2) is 9.14. The van der Waals surface area contributed by atoms with Crippen molar-refractivity contribution in [2.24, 2.45) is 0 Å². The molecule has 0 fully saturated rings. The predicted molar refractivity (Wildman–Crippen MR) is 124 cm³/mol. The number of halogens is 1. The number of carboxylic acid groups (broad SMARTS) is 1. The van der Waals surface area contributed by atoms with Crippen LogP contribution in [-0.4, -0.2) is 22.9 Å². The van der Waals surface area contributed by atoms with E-state index in [2.05, 4.69) is 26.6 Å². The van der Waals surface area contributed by atoms with Crippen LogP contribution < -0.4 is 10.6 Å². The van der Waals surface area contributed by atoms with Gasteiger partial charge in [0, 0.05) is 21.3 Å². The number of aryl methyl sites for hydroxylation is 3. The molecule has 0 aromatic heterocycles. The summed E-state index contributed by atoms with van der Waals surface area (Å²) >= 11 is 3.23. The highest BCUT2D eigenvalue weighted by atomic mass is 79.9. The van der Waals surface area contributed by atoms with Crippen LogP contribution in [-0.2, 0) is 0 Å². The summed E-state index contributed by atoms with van der Waals surface area (Å²) in [6.45, 7) is 5.75. The minimum Gasteiger partial charge on any atom is -0.478 e. The first-order valence-electron chi connectivity index (χ1n) is 9.49. The minimum atomic E-state index is -1.15. The lowest BCUT2D eigenvalue weighted by atomic mass is 9.99. The summed E-state index contributed by atoms with van der Waals surface area (Å²) in [5.74, 6) is -1.89. The van der Waals surface area contributed by atoms with Gasteiger partial charge in [0.1, 0.15) is 0 Å². The fraction of sp³-hybridized carbons (Fsp3) is 0.125. The van der Waals surface area contributed by atoms with Crippen LogP contribution in [0.25, 0.3) is 0 Å². The highest BCUT2D eigenvalue weighted by Crippen LogP contribution is 2.23. The Morgan fingerprint density at radius 3 is 2.16 bits per heavy atom. The molecular weight excluding hydrogens is 460 g/mol. The lowest BCUT2D eigenvalue weighted by Gasteiger charge is -2.13. The predicted octanol–water partition coefficient (Wildman–Crippen LogP) is 5.58. The first kappa shape index (κ1) is 22.2. The topological polar surface area (TPSA) is 95.5 Å². The molecule has 0 aliphatic heterocycles. The van der Waals surface area contributed by atoms with Crippen molar-refractivity contribution >= 4 is 45.1 Å². The van der Waals surface area contributed by atoms with Crippen LogP contribution in [0.1, 0.15) is 47.8 Å². The molecule has 0 atom stereocenters. The quantitative estimate of drug-likeness (QED) is 0.444. The normalized spacial score (nSPS) is 10.5. The molecule has 3 rings (SSSR count). The maximum absolute atomic E-state index is 12.8. The van der Waals surface area contributed by atoms with E-state index >= 15 is 0 Å². The number of aromatic carboxylic acids is 1. The van der Waals surface area contributed by atoms with E-state index in [-0.39, 0.29) is 22.7 Å². The van der Waals surface area contributed by atoms with Crippen LogP contribution in [0.15, 0.2) is 59.1 Å². The smallest absolute Gasteiger partial charge is 0.337 e. The molecule has 3 aromatic rings. The van der Waals surface area contributed by atoms with Gasteiger partial charge in [0.15, 0.2) is 0 Å². The second-order valence-electron chi connectivity index (χ2n) is 7.26. The standard InChI is InChI=1S/C24H21BrN2O4/c1-13-9-14(2)21(15(3)10-13)23(29)26-18-6-4-5-16(11-18)22(28)27-20-8-7-17(25)12-19(20)24(30)31/h4-12H,1-3H3,(H,26,29)(H,27,28)(H,30,31). The number of hydrogen-bond donors (Lipinski definition) is 3. The van der Waals surface area contributed by atoms with Gasteiger partial charge in [-0.25, -0.2) is 4.79 Å². The maximum Gasteiger partial charge on any atom is 0.337 e. The first-order chi connectivity index (χ1) is 14.7. The molecule has 0 bridgehead atoms. The van der Waals surface area contributed by atoms with Crippen LogP contribution >= 0.6 is 15.9 Å². The van der Waals surface area contributed by atoms with Crippen molar-refractivity contribution in [3.63, 3.8) is 0 Å². The second-order valence-corrected chi connectivity index (χ2v) is 8.17. The molecule has 0 unspecified atom stereocenters. The first-order valence-corrected chi connectivity index (χ1v) is 10.3. The van der Waals surface area contributed by atoms with Gasteiger partial charge in [0.2, 0.25) is 0 Å². The van der Waals surface area contributed by atoms with Crippen LogP contribution in [0.3, 0.4) is 0 Å². The van der Waals surface area contributed by atoms with E-state index in [0.29, 0.717) is 15.7 Å². The zero-order valence-electron chi connectivity index (χ0n) is 17.2. The van der Waals surface area contributed by atoms with E-state index in [0.717, 1.165) is 16.7 Å². The number of nitrogens with one attached hydrogen (secondary N) is 2. The fourth-order valence-corrected chi connectivity index (χ4v) is 3.83. The maximum atomic E-state index is 12.8. The third-order valence-corrected chi connectivity index (χ3v) is 5.24. The Bertz CT molecular complexity index is 1180. The molecule has 0 spiro atoms. The van der Waals surface area contributed by atoms with Crippen molar-refractivity contribution in [2.75, 3.05) is 10.6 Å². The van der Waals surface area contributed by atoms with Crippen molar-refractivity contribution in [1.29, 1.82) is 0 Å². The van der Waals surface area contributed by atoms with Crippen molar-refractivity contribution in [3.8, 4) is 0 Å². The third-order valence-electron chi connectivity index (χ3n) is 4.75. The molecule has 31 heavy (non-hydrogen) atoms. The van der Waals surface area contributed by atoms with Gasteiger partial charge in [-0.3, -0.25) is 9.59 Å². The number of anilines is 2. The van der Waals surface area contributed by atoms with Crippen molar-refractivity contribution < 1.29 is 19.5 Å². The monoisotopic (exact) mass is 480 g/mol. The molecule has 158 valence electrons. The summed E-state index contributed by atoms with van der Waals surface area (Å²) in [6.07, 6.45) is 0. The average Bonchev–Trinajstić information content (AvgIpc) is 2.68. The molecule has 3 aromatic carbocycles. The van der Waals surface area contributed by atoms with Gasteiger partial charge in [-0.05, 0) is 68.3 Å². The van der Waals surface area contributed by atoms with Crippen molar-refractivity contribution in [3.05, 3.63) is 92.5 Å². The lowest BCUT2D eigenvalue weighted by Crippen LogP contribution is -2.17. The molecule has 0 aliphatic carbocycles. The molecule has 0 saturated heterocycles. The number of amides is 2. The number of hydrogen-bond acceptors (Lipinski definition) is 3. The molecular formula is C24H21BrN2O4.